The lowest BCUT2D eigenvalue weighted by Crippen LogP contribution is -2.44. The molecule has 0 aromatic heterocycles. The Bertz CT molecular complexity index is 1680. The molecule has 15 nitrogen and oxygen atoms in total. The number of hydrogen-bond donors (Lipinski definition) is 5. The maximum Gasteiger partial charge on any atom is 0.339 e. The van der Waals surface area contributed by atoms with Crippen LogP contribution < -0.4 is 4.74 Å². The van der Waals surface area contributed by atoms with Crippen molar-refractivity contribution < 1.29 is 63.8 Å². The van der Waals surface area contributed by atoms with Crippen molar-refractivity contribution in [3.8, 4) is 11.5 Å². The number of allylic oxidation sites excluding steroid dienone is 1. The van der Waals surface area contributed by atoms with Crippen LogP contribution in [0.2, 0.25) is 0 Å². The van der Waals surface area contributed by atoms with Crippen molar-refractivity contribution in [1.82, 2.24) is 9.80 Å². The monoisotopic (exact) mass is 622 g/mol. The van der Waals surface area contributed by atoms with Gasteiger partial charge in [-0.15, -0.1) is 0 Å². The lowest BCUT2D eigenvalue weighted by atomic mass is 9.70. The molecule has 2 aliphatic heterocycles. The van der Waals surface area contributed by atoms with Gasteiger partial charge < -0.3 is 35.0 Å². The van der Waals surface area contributed by atoms with Crippen molar-refractivity contribution >= 4 is 35.6 Å². The van der Waals surface area contributed by atoms with Crippen molar-refractivity contribution in [2.24, 2.45) is 5.92 Å². The van der Waals surface area contributed by atoms with Crippen LogP contribution in [0.3, 0.4) is 0 Å². The molecule has 3 aliphatic rings. The molecule has 45 heavy (non-hydrogen) atoms. The van der Waals surface area contributed by atoms with E-state index < -0.39 is 73.3 Å². The topological polar surface area (TPSA) is 229 Å². The fourth-order valence-electron chi connectivity index (χ4n) is 5.88. The molecule has 234 valence electrons. The molecule has 15 heteroatoms. The number of hydrogen-bond acceptors (Lipinski definition) is 11. The van der Waals surface area contributed by atoms with E-state index in [0.29, 0.717) is 5.56 Å². The Balaban J connectivity index is 1.66. The van der Waals surface area contributed by atoms with E-state index in [4.69, 9.17) is 9.47 Å². The lowest BCUT2D eigenvalue weighted by molar-refractivity contribution is -0.143. The second kappa shape index (κ2) is 11.9. The summed E-state index contributed by atoms with van der Waals surface area (Å²) in [4.78, 5) is 74.2. The third-order valence-corrected chi connectivity index (χ3v) is 7.54. The number of carbonyl (C=O) groups excluding carboxylic acids is 2. The van der Waals surface area contributed by atoms with Crippen molar-refractivity contribution in [2.75, 3.05) is 32.7 Å². The highest BCUT2D eigenvalue weighted by Crippen LogP contribution is 2.57. The molecule has 2 atom stereocenters. The molecular formula is C30H26N2O13. The first-order chi connectivity index (χ1) is 21.3. The summed E-state index contributed by atoms with van der Waals surface area (Å²) in [6, 6.07) is 9.06. The van der Waals surface area contributed by atoms with Crippen molar-refractivity contribution in [3.05, 3.63) is 82.1 Å². The summed E-state index contributed by atoms with van der Waals surface area (Å²) < 4.78 is 12.1. The Morgan fingerprint density at radius 3 is 1.98 bits per heavy atom. The van der Waals surface area contributed by atoms with Gasteiger partial charge in [-0.3, -0.25) is 33.8 Å². The fourth-order valence-corrected chi connectivity index (χ4v) is 5.88. The Morgan fingerprint density at radius 2 is 1.38 bits per heavy atom. The number of carbonyl (C=O) groups is 6. The van der Waals surface area contributed by atoms with Gasteiger partial charge in [-0.2, -0.15) is 0 Å². The zero-order valence-electron chi connectivity index (χ0n) is 23.3. The van der Waals surface area contributed by atoms with Gasteiger partial charge in [0.25, 0.3) is 0 Å². The molecule has 0 radical (unpaired) electrons. The zero-order valence-corrected chi connectivity index (χ0v) is 23.3. The molecule has 0 fully saturated rings. The molecule has 0 amide bonds. The molecule has 1 spiro atoms. The number of carboxylic acid groups (broad SMARTS) is 4. The average Bonchev–Trinajstić information content (AvgIpc) is 3.22. The second-order valence-corrected chi connectivity index (χ2v) is 10.7. The van der Waals surface area contributed by atoms with Gasteiger partial charge in [0.15, 0.2) is 11.4 Å². The molecule has 0 saturated heterocycles. The number of nitrogens with zero attached hydrogens (tertiary/aromatic N) is 2. The highest BCUT2D eigenvalue weighted by atomic mass is 16.6. The number of rotatable bonds is 12. The summed E-state index contributed by atoms with van der Waals surface area (Å²) in [6.45, 7) is -3.35. The second-order valence-electron chi connectivity index (χ2n) is 10.7. The molecule has 2 aromatic carbocycles. The van der Waals surface area contributed by atoms with E-state index in [1.54, 1.807) is 18.2 Å². The van der Waals surface area contributed by atoms with Crippen molar-refractivity contribution in [1.29, 1.82) is 0 Å². The summed E-state index contributed by atoms with van der Waals surface area (Å²) in [7, 11) is 0. The summed E-state index contributed by atoms with van der Waals surface area (Å²) in [5.74, 6) is -7.89. The molecule has 2 aromatic rings. The van der Waals surface area contributed by atoms with Crippen LogP contribution >= 0.6 is 0 Å². The van der Waals surface area contributed by atoms with E-state index in [-0.39, 0.29) is 52.6 Å². The van der Waals surface area contributed by atoms with E-state index in [2.05, 4.69) is 0 Å². The van der Waals surface area contributed by atoms with Gasteiger partial charge in [-0.05, 0) is 12.1 Å². The third-order valence-electron chi connectivity index (χ3n) is 7.54. The number of phenolic OH excluding ortho intramolecular Hbond substituents is 1. The summed E-state index contributed by atoms with van der Waals surface area (Å²) >= 11 is 0. The minimum atomic E-state index is -1.70. The van der Waals surface area contributed by atoms with E-state index in [1.165, 1.54) is 24.3 Å². The fraction of sp³-hybridized carbons (Fsp3) is 0.267. The van der Waals surface area contributed by atoms with Gasteiger partial charge in [0.05, 0.1) is 37.7 Å². The maximum absolute atomic E-state index is 13.3. The van der Waals surface area contributed by atoms with Gasteiger partial charge in [0.2, 0.25) is 0 Å². The minimum absolute atomic E-state index is 0.00861. The number of phenols is 1. The number of carboxylic acids is 4. The number of esters is 1. The number of ketones is 1. The van der Waals surface area contributed by atoms with Crippen LogP contribution in [0.4, 0.5) is 0 Å². The van der Waals surface area contributed by atoms with E-state index in [9.17, 15) is 54.3 Å². The Kier molecular flexibility index (Phi) is 8.14. The number of benzene rings is 2. The van der Waals surface area contributed by atoms with Gasteiger partial charge in [-0.1, -0.05) is 24.3 Å². The highest BCUT2D eigenvalue weighted by Gasteiger charge is 2.58. The molecule has 2 unspecified atom stereocenters. The predicted octanol–water partition coefficient (Wildman–Crippen LogP) is 0.650. The first-order valence-electron chi connectivity index (χ1n) is 13.4. The Morgan fingerprint density at radius 1 is 0.800 bits per heavy atom. The normalized spacial score (nSPS) is 19.6. The summed E-state index contributed by atoms with van der Waals surface area (Å²) in [5, 5.41) is 48.0. The molecule has 2 heterocycles. The molecule has 5 rings (SSSR count). The quantitative estimate of drug-likeness (QED) is 0.205. The first kappa shape index (κ1) is 30.9. The van der Waals surface area contributed by atoms with E-state index >= 15 is 0 Å². The van der Waals surface area contributed by atoms with Crippen LogP contribution in [0.15, 0.2) is 59.9 Å². The van der Waals surface area contributed by atoms with E-state index in [1.807, 2.05) is 0 Å². The van der Waals surface area contributed by atoms with Crippen LogP contribution in [0.1, 0.15) is 27.0 Å². The van der Waals surface area contributed by atoms with Crippen LogP contribution in [0.25, 0.3) is 0 Å². The van der Waals surface area contributed by atoms with Crippen molar-refractivity contribution in [2.45, 2.75) is 12.1 Å². The number of aliphatic carboxylic acids is 4. The van der Waals surface area contributed by atoms with Crippen LogP contribution in [-0.4, -0.2) is 104 Å². The first-order valence-corrected chi connectivity index (χ1v) is 13.4. The standard InChI is InChI=1S/C30H26N2O13/c33-21-7-23-19(5-15(21)9-31(11-25(35)36)12-26(37)38)30(18-4-2-1-3-17(18)29(43)45-30)20-6-16(22(34)8-24(20)44-23)10-32(13-27(39)40)14-28(41)42/h1-8,19,34H,9-14H2,(H,35,36)(H,37,38)(H,39,40)(H,41,42). The van der Waals surface area contributed by atoms with Gasteiger partial charge in [-0.25, -0.2) is 4.79 Å². The lowest BCUT2D eigenvalue weighted by Gasteiger charge is -2.43. The largest absolute Gasteiger partial charge is 0.507 e. The smallest absolute Gasteiger partial charge is 0.339 e. The summed E-state index contributed by atoms with van der Waals surface area (Å²) in [6.07, 6.45) is 2.56. The van der Waals surface area contributed by atoms with Gasteiger partial charge in [0.1, 0.15) is 17.3 Å². The Hall–Kier alpha value is -5.54. The minimum Gasteiger partial charge on any atom is -0.507 e. The highest BCUT2D eigenvalue weighted by molar-refractivity contribution is 6.06. The molecule has 5 N–H and O–H groups in total. The molecule has 0 saturated carbocycles. The number of aromatic hydroxyl groups is 1. The zero-order chi connectivity index (χ0) is 32.6. The average molecular weight is 623 g/mol. The third kappa shape index (κ3) is 5.98. The Labute approximate surface area is 253 Å². The number of ether oxygens (including phenoxy) is 2. The molecular weight excluding hydrogens is 596 g/mol. The van der Waals surface area contributed by atoms with Crippen LogP contribution in [-0.2, 0) is 40.9 Å². The van der Waals surface area contributed by atoms with Crippen molar-refractivity contribution in [3.63, 3.8) is 0 Å². The van der Waals surface area contributed by atoms with Gasteiger partial charge in [0, 0.05) is 47.5 Å². The summed E-state index contributed by atoms with van der Waals surface area (Å²) in [5.41, 5.74) is -0.806. The van der Waals surface area contributed by atoms with Crippen LogP contribution in [0.5, 0.6) is 11.5 Å². The van der Waals surface area contributed by atoms with E-state index in [0.717, 1.165) is 15.9 Å². The maximum atomic E-state index is 13.3. The predicted molar refractivity (Wildman–Crippen MR) is 148 cm³/mol. The number of fused-ring (bicyclic) bond motifs is 6. The van der Waals surface area contributed by atoms with Crippen LogP contribution in [0, 0.1) is 5.92 Å². The molecule has 0 bridgehead atoms. The van der Waals surface area contributed by atoms with Gasteiger partial charge >= 0.3 is 29.8 Å². The SMILES string of the molecule is O=C(O)CN(CC(=O)O)CC1=CC2C(=CC1=O)Oc1cc(O)c(CN(CC(=O)O)CC(=O)O)cc1C21OC(=O)c2ccccc21. The molecule has 1 aliphatic carbocycles.